The molecular weight excluding hydrogens is 204 g/mol. The summed E-state index contributed by atoms with van der Waals surface area (Å²) in [5, 5.41) is 14.4. The average Bonchev–Trinajstić information content (AvgIpc) is 2.49. The van der Waals surface area contributed by atoms with Crippen molar-refractivity contribution in [1.82, 2.24) is 9.78 Å². The number of rotatable bonds is 4. The Morgan fingerprint density at radius 1 is 1.50 bits per heavy atom. The lowest BCUT2D eigenvalue weighted by molar-refractivity contribution is -0.0702. The third-order valence-electron chi connectivity index (χ3n) is 2.64. The van der Waals surface area contributed by atoms with Crippen molar-refractivity contribution in [3.63, 3.8) is 0 Å². The van der Waals surface area contributed by atoms with Gasteiger partial charge in [-0.15, -0.1) is 0 Å². The molecule has 0 saturated heterocycles. The summed E-state index contributed by atoms with van der Waals surface area (Å²) >= 11 is 0. The first-order valence-corrected chi connectivity index (χ1v) is 5.54. The Kier molecular flexibility index (Phi) is 4.10. The van der Waals surface area contributed by atoms with Gasteiger partial charge in [0.25, 0.3) is 0 Å². The van der Waals surface area contributed by atoms with E-state index in [1.807, 2.05) is 19.3 Å². The van der Waals surface area contributed by atoms with E-state index in [1.54, 1.807) is 11.8 Å². The highest BCUT2D eigenvalue weighted by Crippen LogP contribution is 2.25. The number of aromatic nitrogens is 2. The van der Waals surface area contributed by atoms with Gasteiger partial charge in [0.1, 0.15) is 0 Å². The summed E-state index contributed by atoms with van der Waals surface area (Å²) in [5.74, 6) is 0. The van der Waals surface area contributed by atoms with E-state index in [0.29, 0.717) is 6.42 Å². The van der Waals surface area contributed by atoms with Crippen LogP contribution in [0.2, 0.25) is 0 Å². The van der Waals surface area contributed by atoms with Crippen molar-refractivity contribution in [2.75, 3.05) is 7.11 Å². The Balaban J connectivity index is 2.66. The van der Waals surface area contributed by atoms with E-state index in [0.717, 1.165) is 5.69 Å². The Labute approximate surface area is 97.2 Å². The van der Waals surface area contributed by atoms with Crippen LogP contribution < -0.4 is 0 Å². The van der Waals surface area contributed by atoms with Crippen LogP contribution in [-0.2, 0) is 18.2 Å². The third kappa shape index (κ3) is 3.32. The fourth-order valence-electron chi connectivity index (χ4n) is 1.98. The molecule has 16 heavy (non-hydrogen) atoms. The maximum atomic E-state index is 10.1. The van der Waals surface area contributed by atoms with Crippen LogP contribution in [0, 0.1) is 5.41 Å². The molecule has 4 heteroatoms. The van der Waals surface area contributed by atoms with Gasteiger partial charge in [-0.25, -0.2) is 0 Å². The first kappa shape index (κ1) is 13.2. The van der Waals surface area contributed by atoms with E-state index >= 15 is 0 Å². The SMILES string of the molecule is COC(C(O)Cc1ccn(C)n1)C(C)(C)C. The molecule has 1 aromatic heterocycles. The summed E-state index contributed by atoms with van der Waals surface area (Å²) in [5.41, 5.74) is 0.810. The Morgan fingerprint density at radius 3 is 2.50 bits per heavy atom. The van der Waals surface area contributed by atoms with Crippen LogP contribution >= 0.6 is 0 Å². The quantitative estimate of drug-likeness (QED) is 0.844. The molecule has 1 rings (SSSR count). The van der Waals surface area contributed by atoms with Crippen molar-refractivity contribution in [2.45, 2.75) is 39.4 Å². The molecule has 0 aliphatic carbocycles. The summed E-state index contributed by atoms with van der Waals surface area (Å²) < 4.78 is 7.11. The fraction of sp³-hybridized carbons (Fsp3) is 0.750. The van der Waals surface area contributed by atoms with Crippen LogP contribution in [0.1, 0.15) is 26.5 Å². The second-order valence-electron chi connectivity index (χ2n) is 5.27. The fourth-order valence-corrected chi connectivity index (χ4v) is 1.98. The van der Waals surface area contributed by atoms with Crippen molar-refractivity contribution in [3.8, 4) is 0 Å². The van der Waals surface area contributed by atoms with Gasteiger partial charge >= 0.3 is 0 Å². The minimum atomic E-state index is -0.528. The molecule has 0 spiro atoms. The lowest BCUT2D eigenvalue weighted by atomic mass is 9.84. The van der Waals surface area contributed by atoms with Gasteiger partial charge in [0.2, 0.25) is 0 Å². The van der Waals surface area contributed by atoms with Crippen molar-refractivity contribution < 1.29 is 9.84 Å². The molecule has 0 aliphatic heterocycles. The van der Waals surface area contributed by atoms with E-state index < -0.39 is 6.10 Å². The molecule has 0 fully saturated rings. The summed E-state index contributed by atoms with van der Waals surface area (Å²) in [7, 11) is 3.50. The predicted molar refractivity (Wildman–Crippen MR) is 63.2 cm³/mol. The molecule has 0 amide bonds. The van der Waals surface area contributed by atoms with E-state index in [2.05, 4.69) is 25.9 Å². The Morgan fingerprint density at radius 2 is 2.12 bits per heavy atom. The van der Waals surface area contributed by atoms with Crippen molar-refractivity contribution in [2.24, 2.45) is 12.5 Å². The smallest absolute Gasteiger partial charge is 0.0882 e. The van der Waals surface area contributed by atoms with Gasteiger partial charge in [-0.2, -0.15) is 5.10 Å². The van der Waals surface area contributed by atoms with Crippen LogP contribution in [0.15, 0.2) is 12.3 Å². The maximum absolute atomic E-state index is 10.1. The molecule has 0 aliphatic rings. The summed E-state index contributed by atoms with van der Waals surface area (Å²) in [6.07, 6.45) is 1.69. The first-order chi connectivity index (χ1) is 7.34. The molecular formula is C12H22N2O2. The molecule has 92 valence electrons. The van der Waals surface area contributed by atoms with E-state index in [1.165, 1.54) is 0 Å². The number of aliphatic hydroxyl groups is 1. The van der Waals surface area contributed by atoms with Crippen LogP contribution in [0.4, 0.5) is 0 Å². The lowest BCUT2D eigenvalue weighted by Gasteiger charge is -2.32. The molecule has 1 aromatic rings. The molecule has 0 aromatic carbocycles. The molecule has 1 heterocycles. The van der Waals surface area contributed by atoms with Crippen molar-refractivity contribution in [1.29, 1.82) is 0 Å². The highest BCUT2D eigenvalue weighted by atomic mass is 16.5. The summed E-state index contributed by atoms with van der Waals surface area (Å²) in [6, 6.07) is 1.92. The van der Waals surface area contributed by atoms with Crippen LogP contribution in [0.3, 0.4) is 0 Å². The third-order valence-corrected chi connectivity index (χ3v) is 2.64. The highest BCUT2D eigenvalue weighted by Gasteiger charge is 2.31. The van der Waals surface area contributed by atoms with Crippen molar-refractivity contribution >= 4 is 0 Å². The molecule has 2 atom stereocenters. The van der Waals surface area contributed by atoms with Gasteiger partial charge < -0.3 is 9.84 Å². The summed E-state index contributed by atoms with van der Waals surface area (Å²) in [6.45, 7) is 6.18. The van der Waals surface area contributed by atoms with Gasteiger partial charge in [-0.1, -0.05) is 20.8 Å². The largest absolute Gasteiger partial charge is 0.390 e. The van der Waals surface area contributed by atoms with Gasteiger partial charge in [-0.3, -0.25) is 4.68 Å². The second kappa shape index (κ2) is 4.97. The molecule has 0 saturated carbocycles. The number of hydrogen-bond acceptors (Lipinski definition) is 3. The average molecular weight is 226 g/mol. The van der Waals surface area contributed by atoms with E-state index in [9.17, 15) is 5.11 Å². The maximum Gasteiger partial charge on any atom is 0.0882 e. The minimum absolute atomic E-state index is 0.0804. The van der Waals surface area contributed by atoms with E-state index in [-0.39, 0.29) is 11.5 Å². The Bertz CT molecular complexity index is 328. The van der Waals surface area contributed by atoms with Gasteiger partial charge in [-0.05, 0) is 11.5 Å². The second-order valence-corrected chi connectivity index (χ2v) is 5.27. The van der Waals surface area contributed by atoms with Gasteiger partial charge in [0, 0.05) is 26.8 Å². The predicted octanol–water partition coefficient (Wildman–Crippen LogP) is 1.38. The number of ether oxygens (including phenoxy) is 1. The van der Waals surface area contributed by atoms with Crippen LogP contribution in [0.25, 0.3) is 0 Å². The standard InChI is InChI=1S/C12H22N2O2/c1-12(2,3)11(16-5)10(15)8-9-6-7-14(4)13-9/h6-7,10-11,15H,8H2,1-5H3. The zero-order chi connectivity index (χ0) is 12.3. The molecule has 0 bridgehead atoms. The van der Waals surface area contributed by atoms with Crippen molar-refractivity contribution in [3.05, 3.63) is 18.0 Å². The topological polar surface area (TPSA) is 47.3 Å². The highest BCUT2D eigenvalue weighted by molar-refractivity contribution is 5.02. The zero-order valence-corrected chi connectivity index (χ0v) is 10.8. The zero-order valence-electron chi connectivity index (χ0n) is 10.8. The van der Waals surface area contributed by atoms with Gasteiger partial charge in [0.15, 0.2) is 0 Å². The molecule has 0 radical (unpaired) electrons. The van der Waals surface area contributed by atoms with E-state index in [4.69, 9.17) is 4.74 Å². The summed E-state index contributed by atoms with van der Waals surface area (Å²) in [4.78, 5) is 0. The monoisotopic (exact) mass is 226 g/mol. The molecule has 1 N–H and O–H groups in total. The molecule has 4 nitrogen and oxygen atoms in total. The minimum Gasteiger partial charge on any atom is -0.390 e. The number of aliphatic hydroxyl groups excluding tert-OH is 1. The number of aryl methyl sites for hydroxylation is 1. The lowest BCUT2D eigenvalue weighted by Crippen LogP contribution is -2.40. The van der Waals surface area contributed by atoms with Gasteiger partial charge in [0.05, 0.1) is 17.9 Å². The number of methoxy groups -OCH3 is 1. The normalized spacial score (nSPS) is 16.1. The Hall–Kier alpha value is -0.870. The number of nitrogens with zero attached hydrogens (tertiary/aromatic N) is 2. The first-order valence-electron chi connectivity index (χ1n) is 5.54. The molecule has 2 unspecified atom stereocenters. The number of hydrogen-bond donors (Lipinski definition) is 1. The van der Waals surface area contributed by atoms with Crippen LogP contribution in [0.5, 0.6) is 0 Å². The van der Waals surface area contributed by atoms with Crippen LogP contribution in [-0.4, -0.2) is 34.2 Å².